The lowest BCUT2D eigenvalue weighted by molar-refractivity contribution is -0.133. The summed E-state index contributed by atoms with van der Waals surface area (Å²) in [7, 11) is 0. The van der Waals surface area contributed by atoms with E-state index in [0.717, 1.165) is 54.3 Å². The Morgan fingerprint density at radius 1 is 1.19 bits per heavy atom. The van der Waals surface area contributed by atoms with Gasteiger partial charge in [0.05, 0.1) is 12.2 Å². The van der Waals surface area contributed by atoms with Crippen molar-refractivity contribution in [3.63, 3.8) is 0 Å². The van der Waals surface area contributed by atoms with Crippen molar-refractivity contribution < 1.29 is 14.3 Å². The second-order valence-corrected chi connectivity index (χ2v) is 9.57. The molecule has 6 heteroatoms. The molecule has 0 N–H and O–H groups in total. The van der Waals surface area contributed by atoms with E-state index >= 15 is 0 Å². The molecule has 3 atom stereocenters. The first kappa shape index (κ1) is 20.5. The van der Waals surface area contributed by atoms with Gasteiger partial charge in [-0.25, -0.2) is 0 Å². The number of rotatable bonds is 6. The van der Waals surface area contributed by atoms with Crippen LogP contribution < -0.4 is 0 Å². The number of carbonyl (C=O) groups excluding carboxylic acids is 2. The van der Waals surface area contributed by atoms with E-state index in [1.165, 1.54) is 0 Å². The van der Waals surface area contributed by atoms with Crippen LogP contribution in [0.25, 0.3) is 0 Å². The maximum absolute atomic E-state index is 12.8. The molecule has 2 aliphatic heterocycles. The van der Waals surface area contributed by atoms with E-state index in [0.29, 0.717) is 12.8 Å². The van der Waals surface area contributed by atoms with Gasteiger partial charge in [-0.1, -0.05) is 0 Å². The summed E-state index contributed by atoms with van der Waals surface area (Å²) in [6, 6.07) is 2.22. The highest BCUT2D eigenvalue weighted by Crippen LogP contribution is 2.24. The quantitative estimate of drug-likeness (QED) is 0.696. The molecule has 0 spiro atoms. The van der Waals surface area contributed by atoms with Crippen LogP contribution in [0.2, 0.25) is 0 Å². The molecule has 150 valence electrons. The molecule has 5 nitrogen and oxygen atoms in total. The van der Waals surface area contributed by atoms with Crippen LogP contribution in [0.3, 0.4) is 0 Å². The number of ether oxygens (including phenoxy) is 1. The van der Waals surface area contributed by atoms with Crippen LogP contribution in [0.1, 0.15) is 59.6 Å². The summed E-state index contributed by atoms with van der Waals surface area (Å²) in [6.07, 6.45) is 3.23. The monoisotopic (exact) mass is 392 g/mol. The van der Waals surface area contributed by atoms with Gasteiger partial charge in [-0.15, -0.1) is 11.3 Å². The Morgan fingerprint density at radius 2 is 1.89 bits per heavy atom. The van der Waals surface area contributed by atoms with Gasteiger partial charge in [0.1, 0.15) is 0 Å². The predicted octanol–water partition coefficient (Wildman–Crippen LogP) is 3.43. The molecule has 27 heavy (non-hydrogen) atoms. The van der Waals surface area contributed by atoms with Crippen LogP contribution in [-0.4, -0.2) is 65.9 Å². The fourth-order valence-electron chi connectivity index (χ4n) is 4.49. The van der Waals surface area contributed by atoms with Crippen molar-refractivity contribution in [2.24, 2.45) is 0 Å². The van der Waals surface area contributed by atoms with Gasteiger partial charge in [0.15, 0.2) is 5.78 Å². The second-order valence-electron chi connectivity index (χ2n) is 8.11. The summed E-state index contributed by atoms with van der Waals surface area (Å²) in [4.78, 5) is 31.9. The Bertz CT molecular complexity index is 677. The molecule has 0 radical (unpaired) electrons. The molecule has 2 fully saturated rings. The fraction of sp³-hybridized carbons (Fsp3) is 0.714. The molecule has 1 aromatic heterocycles. The van der Waals surface area contributed by atoms with Crippen molar-refractivity contribution in [2.45, 2.75) is 71.6 Å². The molecule has 0 aromatic carbocycles. The van der Waals surface area contributed by atoms with Gasteiger partial charge in [0.25, 0.3) is 0 Å². The minimum Gasteiger partial charge on any atom is -0.373 e. The summed E-state index contributed by atoms with van der Waals surface area (Å²) in [5.74, 6) is 0.224. The van der Waals surface area contributed by atoms with Crippen LogP contribution in [0, 0.1) is 13.8 Å². The van der Waals surface area contributed by atoms with Crippen LogP contribution >= 0.6 is 11.3 Å². The number of carbonyl (C=O) groups is 2. The van der Waals surface area contributed by atoms with E-state index in [4.69, 9.17) is 4.74 Å². The Morgan fingerprint density at radius 3 is 2.52 bits per heavy atom. The number of likely N-dealkylation sites (tertiary alicyclic amines) is 1. The van der Waals surface area contributed by atoms with Crippen molar-refractivity contribution in [3.05, 3.63) is 21.4 Å². The van der Waals surface area contributed by atoms with E-state index in [-0.39, 0.29) is 29.9 Å². The lowest BCUT2D eigenvalue weighted by Crippen LogP contribution is -2.50. The van der Waals surface area contributed by atoms with Gasteiger partial charge in [-0.05, 0) is 46.6 Å². The minimum absolute atomic E-state index is 0.0942. The number of thiophene rings is 1. The molecular formula is C21H32N2O3S. The Labute approximate surface area is 166 Å². The highest BCUT2D eigenvalue weighted by molar-refractivity contribution is 7.12. The number of Topliss-reactive ketones (excluding diaryl/α,β-unsaturated/α-hetero) is 1. The van der Waals surface area contributed by atoms with E-state index in [9.17, 15) is 9.59 Å². The summed E-state index contributed by atoms with van der Waals surface area (Å²) in [5.41, 5.74) is 0.791. The standard InChI is InChI=1S/C21H32N2O3S/c1-14-11-22(12-15(2)26-14)13-18-6-5-9-23(18)21(25)8-7-20(24)19-10-16(3)27-17(19)4/h10,14-15,18H,5-9,11-13H2,1-4H3. The average Bonchev–Trinajstić information content (AvgIpc) is 3.17. The molecule has 1 aromatic rings. The van der Waals surface area contributed by atoms with E-state index < -0.39 is 0 Å². The van der Waals surface area contributed by atoms with Crippen molar-refractivity contribution in [2.75, 3.05) is 26.2 Å². The van der Waals surface area contributed by atoms with Gasteiger partial charge in [-0.3, -0.25) is 14.5 Å². The van der Waals surface area contributed by atoms with E-state index in [1.54, 1.807) is 11.3 Å². The van der Waals surface area contributed by atoms with Crippen molar-refractivity contribution in [1.29, 1.82) is 0 Å². The first-order chi connectivity index (χ1) is 12.8. The second kappa shape index (κ2) is 8.84. The smallest absolute Gasteiger partial charge is 0.223 e. The van der Waals surface area contributed by atoms with Gasteiger partial charge >= 0.3 is 0 Å². The number of amides is 1. The third-order valence-electron chi connectivity index (χ3n) is 5.57. The molecule has 0 bridgehead atoms. The molecule has 0 saturated carbocycles. The molecule has 3 unspecified atom stereocenters. The molecule has 1 amide bonds. The summed E-state index contributed by atoms with van der Waals surface area (Å²) >= 11 is 1.65. The third-order valence-corrected chi connectivity index (χ3v) is 6.53. The van der Waals surface area contributed by atoms with E-state index in [1.807, 2.05) is 24.8 Å². The van der Waals surface area contributed by atoms with Gasteiger partial charge in [0, 0.05) is 60.4 Å². The van der Waals surface area contributed by atoms with Crippen molar-refractivity contribution in [1.82, 2.24) is 9.80 Å². The summed E-state index contributed by atoms with van der Waals surface area (Å²) in [6.45, 7) is 11.8. The number of ketones is 1. The number of hydrogen-bond acceptors (Lipinski definition) is 5. The Kier molecular flexibility index (Phi) is 6.71. The first-order valence-electron chi connectivity index (χ1n) is 10.1. The number of hydrogen-bond donors (Lipinski definition) is 0. The zero-order valence-electron chi connectivity index (χ0n) is 17.0. The molecule has 3 rings (SSSR count). The van der Waals surface area contributed by atoms with Crippen molar-refractivity contribution in [3.8, 4) is 0 Å². The zero-order chi connectivity index (χ0) is 19.6. The van der Waals surface area contributed by atoms with Crippen LogP contribution in [0.15, 0.2) is 6.07 Å². The van der Waals surface area contributed by atoms with E-state index in [2.05, 4.69) is 18.7 Å². The average molecular weight is 393 g/mol. The first-order valence-corrected chi connectivity index (χ1v) is 10.9. The van der Waals surface area contributed by atoms with Gasteiger partial charge in [0.2, 0.25) is 5.91 Å². The maximum atomic E-state index is 12.8. The molecule has 3 heterocycles. The zero-order valence-corrected chi connectivity index (χ0v) is 17.8. The number of nitrogens with zero attached hydrogens (tertiary/aromatic N) is 2. The van der Waals surface area contributed by atoms with Gasteiger partial charge in [-0.2, -0.15) is 0 Å². The largest absolute Gasteiger partial charge is 0.373 e. The Hall–Kier alpha value is -1.24. The van der Waals surface area contributed by atoms with Gasteiger partial charge < -0.3 is 9.64 Å². The molecule has 2 saturated heterocycles. The molecule has 0 aliphatic carbocycles. The van der Waals surface area contributed by atoms with Crippen molar-refractivity contribution >= 4 is 23.0 Å². The highest BCUT2D eigenvalue weighted by Gasteiger charge is 2.32. The number of aryl methyl sites for hydroxylation is 2. The fourth-order valence-corrected chi connectivity index (χ4v) is 5.43. The normalized spacial score (nSPS) is 26.5. The molecule has 2 aliphatic rings. The topological polar surface area (TPSA) is 49.9 Å². The highest BCUT2D eigenvalue weighted by atomic mass is 32.1. The predicted molar refractivity (Wildman–Crippen MR) is 109 cm³/mol. The van der Waals surface area contributed by atoms with Crippen LogP contribution in [0.5, 0.6) is 0 Å². The minimum atomic E-state index is 0.0942. The summed E-state index contributed by atoms with van der Waals surface area (Å²) < 4.78 is 5.81. The Balaban J connectivity index is 1.52. The van der Waals surface area contributed by atoms with Crippen LogP contribution in [-0.2, 0) is 9.53 Å². The SMILES string of the molecule is Cc1cc(C(=O)CCC(=O)N2CCCC2CN2CC(C)OC(C)C2)c(C)s1. The summed E-state index contributed by atoms with van der Waals surface area (Å²) in [5, 5.41) is 0. The maximum Gasteiger partial charge on any atom is 0.223 e. The van der Waals surface area contributed by atoms with Crippen LogP contribution in [0.4, 0.5) is 0 Å². The third kappa shape index (κ3) is 5.18. The number of morpholine rings is 1. The lowest BCUT2D eigenvalue weighted by atomic mass is 10.1. The lowest BCUT2D eigenvalue weighted by Gasteiger charge is -2.38. The molecular weight excluding hydrogens is 360 g/mol.